The van der Waals surface area contributed by atoms with Crippen molar-refractivity contribution in [2.24, 2.45) is 0 Å². The molecule has 0 unspecified atom stereocenters. The van der Waals surface area contributed by atoms with Crippen molar-refractivity contribution >= 4 is 19.3 Å². The van der Waals surface area contributed by atoms with Gasteiger partial charge in [-0.25, -0.2) is 0 Å². The average molecular weight is 723 g/mol. The fourth-order valence-electron chi connectivity index (χ4n) is 6.57. The molecule has 0 aliphatic carbocycles. The van der Waals surface area contributed by atoms with Crippen LogP contribution in [-0.4, -0.2) is 61.8 Å². The zero-order chi connectivity index (χ0) is 35.5. The molecule has 2 aromatic heterocycles. The first-order valence-electron chi connectivity index (χ1n) is 16.4. The Hall–Kier alpha value is -4.67. The number of rotatable bonds is 7. The van der Waals surface area contributed by atoms with Crippen LogP contribution in [0.4, 0.5) is 0 Å². The number of aromatic nitrogens is 4. The third-order valence-electron chi connectivity index (χ3n) is 9.26. The molecule has 0 radical (unpaired) electrons. The van der Waals surface area contributed by atoms with Crippen LogP contribution < -0.4 is 22.5 Å². The SMILES string of the molecule is Cc1cn([C@H]2C[C@@H]3OP4(OC[C@H]5O[C@@H](n6cc(C)c(=O)[nH]c6=O)C[C@@H]5O)(OC[C@H]3O2)OC(c2ccccc2)=C(c2ccccc2)O4)c(=O)[nH]c1=O. The van der Waals surface area contributed by atoms with E-state index >= 15 is 0 Å². The number of aromatic amines is 2. The summed E-state index contributed by atoms with van der Waals surface area (Å²) >= 11 is 0. The normalized spacial score (nSPS) is 28.5. The molecule has 4 aromatic rings. The Morgan fingerprint density at radius 2 is 1.29 bits per heavy atom. The van der Waals surface area contributed by atoms with E-state index in [1.165, 1.54) is 21.5 Å². The van der Waals surface area contributed by atoms with Crippen molar-refractivity contribution in [3.05, 3.63) is 137 Å². The van der Waals surface area contributed by atoms with E-state index in [4.69, 9.17) is 32.1 Å². The van der Waals surface area contributed by atoms with E-state index in [9.17, 15) is 24.3 Å². The van der Waals surface area contributed by atoms with E-state index in [0.717, 1.165) is 0 Å². The molecule has 3 fully saturated rings. The molecule has 16 nitrogen and oxygen atoms in total. The van der Waals surface area contributed by atoms with Crippen LogP contribution in [0.1, 0.15) is 47.6 Å². The van der Waals surface area contributed by atoms with Gasteiger partial charge in [0.1, 0.15) is 0 Å². The van der Waals surface area contributed by atoms with Crippen LogP contribution >= 0.6 is 7.74 Å². The van der Waals surface area contributed by atoms with E-state index in [-0.39, 0.29) is 26.1 Å². The summed E-state index contributed by atoms with van der Waals surface area (Å²) in [5, 5.41) is 11.1. The number of aliphatic hydroxyl groups is 1. The molecule has 8 rings (SSSR count). The first-order chi connectivity index (χ1) is 24.5. The molecule has 3 N–H and O–H groups in total. The molecule has 4 aliphatic heterocycles. The van der Waals surface area contributed by atoms with Gasteiger partial charge in [0.05, 0.1) is 0 Å². The van der Waals surface area contributed by atoms with Crippen LogP contribution in [0.2, 0.25) is 0 Å². The van der Waals surface area contributed by atoms with Crippen molar-refractivity contribution in [3.63, 3.8) is 0 Å². The number of H-pyrrole nitrogens is 2. The molecule has 4 aliphatic rings. The Balaban J connectivity index is 1.14. The molecule has 3 saturated heterocycles. The summed E-state index contributed by atoms with van der Waals surface area (Å²) in [5.41, 5.74) is -0.409. The quantitative estimate of drug-likeness (QED) is 0.237. The number of benzene rings is 2. The molecular formula is C34H35N4O12P. The number of hydrogen-bond donors (Lipinski definition) is 3. The van der Waals surface area contributed by atoms with Gasteiger partial charge in [0.25, 0.3) is 0 Å². The third kappa shape index (κ3) is 5.98. The Morgan fingerprint density at radius 3 is 1.84 bits per heavy atom. The van der Waals surface area contributed by atoms with Gasteiger partial charge in [-0.3, -0.25) is 0 Å². The number of nitrogens with zero attached hydrogens (tertiary/aromatic N) is 2. The molecule has 6 heterocycles. The third-order valence-corrected chi connectivity index (χ3v) is 12.0. The van der Waals surface area contributed by atoms with E-state index in [1.54, 1.807) is 13.8 Å². The summed E-state index contributed by atoms with van der Waals surface area (Å²) < 4.78 is 47.9. The fourth-order valence-corrected chi connectivity index (χ4v) is 9.52. The van der Waals surface area contributed by atoms with Gasteiger partial charge >= 0.3 is 289 Å². The van der Waals surface area contributed by atoms with E-state index in [2.05, 4.69) is 9.97 Å². The Labute approximate surface area is 289 Å². The molecule has 51 heavy (non-hydrogen) atoms. The Morgan fingerprint density at radius 1 is 0.765 bits per heavy atom. The Kier molecular flexibility index (Phi) is 8.22. The van der Waals surface area contributed by atoms with Crippen LogP contribution in [0.15, 0.2) is 92.2 Å². The second kappa shape index (κ2) is 12.5. The molecular weight excluding hydrogens is 687 g/mol. The summed E-state index contributed by atoms with van der Waals surface area (Å²) in [6, 6.07) is 18.4. The topological polar surface area (TPSA) is 195 Å². The van der Waals surface area contributed by atoms with Crippen LogP contribution in [0, 0.1) is 13.8 Å². The first kappa shape index (κ1) is 33.5. The summed E-state index contributed by atoms with van der Waals surface area (Å²) in [7, 11) is -5.16. The van der Waals surface area contributed by atoms with Gasteiger partial charge in [-0.05, 0) is 0 Å². The Bertz CT molecular complexity index is 2200. The van der Waals surface area contributed by atoms with Gasteiger partial charge < -0.3 is 0 Å². The minimum absolute atomic E-state index is 0.0230. The second-order valence-electron chi connectivity index (χ2n) is 12.8. The van der Waals surface area contributed by atoms with Gasteiger partial charge in [0.15, 0.2) is 0 Å². The summed E-state index contributed by atoms with van der Waals surface area (Å²) in [5.74, 6) is 0.587. The van der Waals surface area contributed by atoms with Crippen LogP contribution in [0.3, 0.4) is 0 Å². The zero-order valence-electron chi connectivity index (χ0n) is 27.5. The predicted molar refractivity (Wildman–Crippen MR) is 181 cm³/mol. The molecule has 1 spiro atoms. The molecule has 0 amide bonds. The molecule has 268 valence electrons. The summed E-state index contributed by atoms with van der Waals surface area (Å²) in [6.07, 6.45) is -2.29. The monoisotopic (exact) mass is 722 g/mol. The van der Waals surface area contributed by atoms with E-state index in [0.29, 0.717) is 33.8 Å². The number of aliphatic hydroxyl groups excluding tert-OH is 1. The summed E-state index contributed by atoms with van der Waals surface area (Å²) in [6.45, 7) is 2.67. The fraction of sp³-hybridized carbons (Fsp3) is 0.353. The number of nitrogens with one attached hydrogen (secondary N) is 2. The van der Waals surface area contributed by atoms with Crippen molar-refractivity contribution in [2.45, 2.75) is 63.6 Å². The number of aryl methyl sites for hydroxylation is 2. The van der Waals surface area contributed by atoms with Gasteiger partial charge in [0.2, 0.25) is 0 Å². The molecule has 6 atom stereocenters. The number of ether oxygens (including phenoxy) is 2. The molecule has 2 aromatic carbocycles. The maximum atomic E-state index is 12.8. The van der Waals surface area contributed by atoms with E-state index in [1.807, 2.05) is 60.7 Å². The number of fused-ring (bicyclic) bond motifs is 1. The molecule has 17 heteroatoms. The van der Waals surface area contributed by atoms with Crippen molar-refractivity contribution in [3.8, 4) is 0 Å². The van der Waals surface area contributed by atoms with Crippen molar-refractivity contribution < 1.29 is 37.2 Å². The van der Waals surface area contributed by atoms with Crippen molar-refractivity contribution in [2.75, 3.05) is 13.2 Å². The standard InChI is InChI=1S/C34H35N4O12P/c1-19-15-37(33(42)35-31(19)40)27-13-23(39)25(46-27)17-44-51(49-29(21-9-5-3-6-10-21)30(50-51)22-11-7-4-8-12-22)45-18-26-24(48-51)14-28(47-26)38-16-20(2)32(41)36-34(38)43/h3-12,15-16,23-28,39H,13-14,17-18H2,1-2H3,(H,35,40,42)(H,36,41,43)/t23-,24-,25+,26+,27+,28+/m0/s1. The van der Waals surface area contributed by atoms with Gasteiger partial charge in [-0.15, -0.1) is 0 Å². The zero-order valence-corrected chi connectivity index (χ0v) is 28.4. The summed E-state index contributed by atoms with van der Waals surface area (Å²) in [4.78, 5) is 54.0. The van der Waals surface area contributed by atoms with E-state index < -0.39 is 67.1 Å². The van der Waals surface area contributed by atoms with Gasteiger partial charge in [-0.2, -0.15) is 0 Å². The average Bonchev–Trinajstić information content (AvgIpc) is 3.81. The van der Waals surface area contributed by atoms with Crippen LogP contribution in [-0.2, 0) is 32.1 Å². The minimum atomic E-state index is -5.16. The second-order valence-corrected chi connectivity index (χ2v) is 15.4. The van der Waals surface area contributed by atoms with Gasteiger partial charge in [0, 0.05) is 0 Å². The first-order valence-corrected chi connectivity index (χ1v) is 18.2. The maximum absolute atomic E-state index is 12.8. The molecule has 0 saturated carbocycles. The molecule has 0 bridgehead atoms. The predicted octanol–water partition coefficient (Wildman–Crippen LogP) is 2.77. The number of hydrogen-bond acceptors (Lipinski definition) is 12. The van der Waals surface area contributed by atoms with Crippen LogP contribution in [0.25, 0.3) is 11.5 Å². The van der Waals surface area contributed by atoms with Crippen molar-refractivity contribution in [1.82, 2.24) is 19.1 Å². The van der Waals surface area contributed by atoms with Gasteiger partial charge in [-0.1, -0.05) is 0 Å². The van der Waals surface area contributed by atoms with Crippen molar-refractivity contribution in [1.29, 1.82) is 0 Å². The van der Waals surface area contributed by atoms with Crippen LogP contribution in [0.5, 0.6) is 0 Å².